The van der Waals surface area contributed by atoms with Crippen molar-refractivity contribution in [2.75, 3.05) is 26.4 Å². The van der Waals surface area contributed by atoms with Gasteiger partial charge in [0.2, 0.25) is 0 Å². The minimum absolute atomic E-state index is 0.154. The van der Waals surface area contributed by atoms with Crippen molar-refractivity contribution >= 4 is 37.2 Å². The van der Waals surface area contributed by atoms with Gasteiger partial charge < -0.3 is 18.9 Å². The molecule has 43 heavy (non-hydrogen) atoms. The molecule has 0 saturated carbocycles. The van der Waals surface area contributed by atoms with Gasteiger partial charge in [-0.1, -0.05) is 72.8 Å². The van der Waals surface area contributed by atoms with Gasteiger partial charge in [-0.2, -0.15) is 25.3 Å². The van der Waals surface area contributed by atoms with Crippen LogP contribution < -0.4 is 9.47 Å². The van der Waals surface area contributed by atoms with E-state index in [1.54, 1.807) is 13.8 Å². The fourth-order valence-corrected chi connectivity index (χ4v) is 5.62. The molecule has 4 aromatic rings. The van der Waals surface area contributed by atoms with E-state index in [-0.39, 0.29) is 38.4 Å². The van der Waals surface area contributed by atoms with E-state index in [1.807, 2.05) is 24.3 Å². The molecule has 0 spiro atoms. The van der Waals surface area contributed by atoms with Crippen molar-refractivity contribution < 1.29 is 28.5 Å². The Labute approximate surface area is 263 Å². The van der Waals surface area contributed by atoms with E-state index in [4.69, 9.17) is 18.9 Å². The summed E-state index contributed by atoms with van der Waals surface area (Å²) in [5.41, 5.74) is 6.39. The second-order valence-corrected chi connectivity index (χ2v) is 11.8. The number of thiol groups is 2. The van der Waals surface area contributed by atoms with Crippen LogP contribution >= 0.6 is 25.3 Å². The number of ether oxygens (including phenoxy) is 4. The molecule has 0 aliphatic heterocycles. The van der Waals surface area contributed by atoms with Gasteiger partial charge in [-0.25, -0.2) is 0 Å². The van der Waals surface area contributed by atoms with Crippen molar-refractivity contribution in [2.24, 2.45) is 0 Å². The highest BCUT2D eigenvalue weighted by Gasteiger charge is 2.45. The highest BCUT2D eigenvalue weighted by atomic mass is 32.1. The van der Waals surface area contributed by atoms with Crippen LogP contribution in [0.2, 0.25) is 0 Å². The molecule has 4 aromatic carbocycles. The number of rotatable bonds is 12. The molecule has 5 rings (SSSR count). The van der Waals surface area contributed by atoms with Crippen LogP contribution in [0.25, 0.3) is 11.1 Å². The third-order valence-corrected chi connectivity index (χ3v) is 7.82. The number of carbonyl (C=O) groups is 2. The Hall–Kier alpha value is -3.88. The molecular formula is C35H34O6S2. The van der Waals surface area contributed by atoms with Gasteiger partial charge in [0.05, 0.1) is 15.9 Å². The zero-order valence-corrected chi connectivity index (χ0v) is 25.9. The average molecular weight is 615 g/mol. The summed E-state index contributed by atoms with van der Waals surface area (Å²) in [5.74, 6) is 0.631. The highest BCUT2D eigenvalue weighted by molar-refractivity contribution is 7.82. The Morgan fingerprint density at radius 2 is 0.953 bits per heavy atom. The van der Waals surface area contributed by atoms with Crippen LogP contribution in [0.4, 0.5) is 0 Å². The van der Waals surface area contributed by atoms with E-state index in [1.165, 1.54) is 22.3 Å². The number of carbonyl (C=O) groups excluding carboxylic acids is 2. The Morgan fingerprint density at radius 1 is 0.581 bits per heavy atom. The molecular weight excluding hydrogens is 581 g/mol. The van der Waals surface area contributed by atoms with E-state index >= 15 is 0 Å². The van der Waals surface area contributed by atoms with Crippen LogP contribution in [0.1, 0.15) is 36.1 Å². The summed E-state index contributed by atoms with van der Waals surface area (Å²) in [6.45, 7) is 4.15. The number of hydrogen-bond acceptors (Lipinski definition) is 8. The minimum atomic E-state index is -0.569. The predicted molar refractivity (Wildman–Crippen MR) is 174 cm³/mol. The SMILES string of the molecule is CC(S)C(=O)OCCOc1ccc(C2(c3ccc(OCCOC(=O)C(C)S)cc3)c3ccccc3-c3ccccc32)cc1. The molecule has 2 atom stereocenters. The predicted octanol–water partition coefficient (Wildman–Crippen LogP) is 6.53. The zero-order valence-electron chi connectivity index (χ0n) is 24.1. The van der Waals surface area contributed by atoms with Crippen molar-refractivity contribution in [3.05, 3.63) is 119 Å². The van der Waals surface area contributed by atoms with Gasteiger partial charge >= 0.3 is 11.9 Å². The van der Waals surface area contributed by atoms with Gasteiger partial charge in [0.25, 0.3) is 0 Å². The summed E-state index contributed by atoms with van der Waals surface area (Å²) in [7, 11) is 0. The lowest BCUT2D eigenvalue weighted by Gasteiger charge is -2.34. The molecule has 0 saturated heterocycles. The van der Waals surface area contributed by atoms with Gasteiger partial charge in [0.1, 0.15) is 37.9 Å². The van der Waals surface area contributed by atoms with Gasteiger partial charge in [-0.15, -0.1) is 0 Å². The van der Waals surface area contributed by atoms with Gasteiger partial charge in [-0.05, 0) is 71.5 Å². The largest absolute Gasteiger partial charge is 0.490 e. The van der Waals surface area contributed by atoms with Crippen LogP contribution in [0.3, 0.4) is 0 Å². The molecule has 2 unspecified atom stereocenters. The maximum absolute atomic E-state index is 11.7. The molecule has 8 heteroatoms. The molecule has 0 N–H and O–H groups in total. The number of benzene rings is 4. The van der Waals surface area contributed by atoms with Crippen molar-refractivity contribution in [1.29, 1.82) is 0 Å². The smallest absolute Gasteiger partial charge is 0.318 e. The molecule has 1 aliphatic rings. The second kappa shape index (κ2) is 13.6. The highest BCUT2D eigenvalue weighted by Crippen LogP contribution is 2.56. The molecule has 0 heterocycles. The fourth-order valence-electron chi connectivity index (χ4n) is 5.47. The first kappa shape index (κ1) is 30.6. The first-order chi connectivity index (χ1) is 20.8. The van der Waals surface area contributed by atoms with E-state index in [0.717, 1.165) is 11.1 Å². The van der Waals surface area contributed by atoms with Gasteiger partial charge in [0.15, 0.2) is 0 Å². The summed E-state index contributed by atoms with van der Waals surface area (Å²) in [6.07, 6.45) is 0. The first-order valence-electron chi connectivity index (χ1n) is 14.2. The average Bonchev–Trinajstić information content (AvgIpc) is 3.33. The quantitative estimate of drug-likeness (QED) is 0.0946. The number of hydrogen-bond donors (Lipinski definition) is 2. The van der Waals surface area contributed by atoms with E-state index in [9.17, 15) is 9.59 Å². The summed E-state index contributed by atoms with van der Waals surface area (Å²) in [4.78, 5) is 23.3. The van der Waals surface area contributed by atoms with Crippen LogP contribution in [0.5, 0.6) is 11.5 Å². The molecule has 222 valence electrons. The first-order valence-corrected chi connectivity index (χ1v) is 15.2. The topological polar surface area (TPSA) is 71.1 Å². The lowest BCUT2D eigenvalue weighted by atomic mass is 9.68. The Morgan fingerprint density at radius 3 is 1.33 bits per heavy atom. The zero-order chi connectivity index (χ0) is 30.4. The summed E-state index contributed by atoms with van der Waals surface area (Å²) in [5, 5.41) is -0.945. The van der Waals surface area contributed by atoms with Crippen LogP contribution in [0.15, 0.2) is 97.1 Å². The minimum Gasteiger partial charge on any atom is -0.490 e. The van der Waals surface area contributed by atoms with Crippen molar-refractivity contribution in [3.63, 3.8) is 0 Å². The molecule has 6 nitrogen and oxygen atoms in total. The third-order valence-electron chi connectivity index (χ3n) is 7.40. The van der Waals surface area contributed by atoms with Crippen LogP contribution in [-0.4, -0.2) is 48.9 Å². The summed E-state index contributed by atoms with van der Waals surface area (Å²) >= 11 is 8.19. The normalized spacial score (nSPS) is 14.1. The van der Waals surface area contributed by atoms with Gasteiger partial charge in [0, 0.05) is 0 Å². The lowest BCUT2D eigenvalue weighted by Crippen LogP contribution is -2.28. The molecule has 0 bridgehead atoms. The molecule has 0 amide bonds. The summed E-state index contributed by atoms with van der Waals surface area (Å²) < 4.78 is 22.1. The Kier molecular flexibility index (Phi) is 9.68. The fraction of sp³-hybridized carbons (Fsp3) is 0.257. The Bertz CT molecular complexity index is 1450. The second-order valence-electron chi connectivity index (χ2n) is 10.3. The monoisotopic (exact) mass is 614 g/mol. The maximum Gasteiger partial charge on any atom is 0.318 e. The molecule has 0 aromatic heterocycles. The van der Waals surface area contributed by atoms with Gasteiger partial charge in [-0.3, -0.25) is 9.59 Å². The molecule has 0 radical (unpaired) electrons. The molecule has 1 aliphatic carbocycles. The van der Waals surface area contributed by atoms with Crippen LogP contribution in [0, 0.1) is 0 Å². The summed E-state index contributed by atoms with van der Waals surface area (Å²) in [6, 6.07) is 33.2. The van der Waals surface area contributed by atoms with Crippen molar-refractivity contribution in [2.45, 2.75) is 29.8 Å². The van der Waals surface area contributed by atoms with Crippen molar-refractivity contribution in [1.82, 2.24) is 0 Å². The van der Waals surface area contributed by atoms with Crippen molar-refractivity contribution in [3.8, 4) is 22.6 Å². The van der Waals surface area contributed by atoms with E-state index < -0.39 is 15.9 Å². The van der Waals surface area contributed by atoms with E-state index in [0.29, 0.717) is 11.5 Å². The van der Waals surface area contributed by atoms with Crippen LogP contribution in [-0.2, 0) is 24.5 Å². The number of fused-ring (bicyclic) bond motifs is 3. The third kappa shape index (κ3) is 6.40. The Balaban J connectivity index is 1.44. The standard InChI is InChI=1S/C35H34O6S2/c1-23(42)33(36)40-21-19-38-27-15-11-25(12-16-27)35(31-9-5-3-7-29(31)30-8-4-6-10-32(30)35)26-13-17-28(18-14-26)39-20-22-41-34(37)24(2)43/h3-18,23-24,42-43H,19-22H2,1-2H3. The lowest BCUT2D eigenvalue weighted by molar-refractivity contribution is -0.144. The molecule has 0 fully saturated rings. The van der Waals surface area contributed by atoms with E-state index in [2.05, 4.69) is 98.1 Å². The maximum atomic E-state index is 11.7. The number of esters is 2.